The zero-order valence-electron chi connectivity index (χ0n) is 29.4. The molecule has 0 bridgehead atoms. The SMILES string of the molecule is CC[Si](C#CC(OS(=O)(=O)C(F)(F)F)=C(C#C[Si](C(C)C)(C(C)C)C(C)C)C#C[Si](C(C)C)(C(C)C)C(C)C)(CC)CC. The fourth-order valence-electron chi connectivity index (χ4n) is 6.84. The molecule has 0 aromatic carbocycles. The molecule has 0 heterocycles. The first-order chi connectivity index (χ1) is 19.5. The van der Waals surface area contributed by atoms with Crippen LogP contribution >= 0.6 is 0 Å². The maximum absolute atomic E-state index is 13.7. The summed E-state index contributed by atoms with van der Waals surface area (Å²) in [5.41, 5.74) is 6.12. The Morgan fingerprint density at radius 1 is 0.605 bits per heavy atom. The minimum atomic E-state index is -5.99. The maximum atomic E-state index is 13.7. The summed E-state index contributed by atoms with van der Waals surface area (Å²) >= 11 is 0. The minimum Gasteiger partial charge on any atom is -0.365 e. The van der Waals surface area contributed by atoms with Crippen molar-refractivity contribution in [2.75, 3.05) is 0 Å². The molecule has 0 atom stereocenters. The van der Waals surface area contributed by atoms with Crippen molar-refractivity contribution < 1.29 is 25.8 Å². The van der Waals surface area contributed by atoms with Crippen LogP contribution in [0.15, 0.2) is 11.3 Å². The molecule has 246 valence electrons. The van der Waals surface area contributed by atoms with Gasteiger partial charge in [0.1, 0.15) is 29.8 Å². The lowest BCUT2D eigenvalue weighted by Crippen LogP contribution is -2.43. The summed E-state index contributed by atoms with van der Waals surface area (Å²) in [7, 11) is -12.9. The first kappa shape index (κ1) is 41.6. The fourth-order valence-corrected chi connectivity index (χ4v) is 20.1. The Kier molecular flexibility index (Phi) is 15.7. The van der Waals surface area contributed by atoms with Gasteiger partial charge in [-0.25, -0.2) is 0 Å². The summed E-state index contributed by atoms with van der Waals surface area (Å²) < 4.78 is 70.8. The van der Waals surface area contributed by atoms with Crippen LogP contribution in [0, 0.1) is 34.4 Å². The summed E-state index contributed by atoms with van der Waals surface area (Å²) in [6, 6.07) is 2.35. The second-order valence-electron chi connectivity index (χ2n) is 13.6. The number of hydrogen-bond donors (Lipinski definition) is 0. The van der Waals surface area contributed by atoms with Crippen molar-refractivity contribution in [2.45, 2.75) is 161 Å². The van der Waals surface area contributed by atoms with Crippen LogP contribution in [0.1, 0.15) is 104 Å². The van der Waals surface area contributed by atoms with Crippen LogP contribution in [0.3, 0.4) is 0 Å². The second kappa shape index (κ2) is 16.3. The lowest BCUT2D eigenvalue weighted by Gasteiger charge is -2.38. The van der Waals surface area contributed by atoms with Crippen LogP contribution in [-0.2, 0) is 14.3 Å². The Morgan fingerprint density at radius 3 is 1.14 bits per heavy atom. The molecule has 0 unspecified atom stereocenters. The van der Waals surface area contributed by atoms with Gasteiger partial charge in [-0.2, -0.15) is 21.6 Å². The highest BCUT2D eigenvalue weighted by Gasteiger charge is 2.49. The number of allylic oxidation sites excluding steroid dienone is 2. The molecular formula is C33H57F3O3SSi3. The molecule has 3 nitrogen and oxygen atoms in total. The van der Waals surface area contributed by atoms with Crippen molar-refractivity contribution in [3.8, 4) is 34.4 Å². The molecule has 0 aromatic heterocycles. The number of halogens is 3. The van der Waals surface area contributed by atoms with Gasteiger partial charge in [-0.15, -0.1) is 16.6 Å². The van der Waals surface area contributed by atoms with Crippen molar-refractivity contribution in [2.24, 2.45) is 0 Å². The maximum Gasteiger partial charge on any atom is 0.534 e. The Labute approximate surface area is 265 Å². The molecule has 0 aliphatic heterocycles. The third-order valence-electron chi connectivity index (χ3n) is 9.72. The summed E-state index contributed by atoms with van der Waals surface area (Å²) in [6.07, 6.45) is 0. The summed E-state index contributed by atoms with van der Waals surface area (Å²) in [5.74, 6) is 8.52. The largest absolute Gasteiger partial charge is 0.534 e. The smallest absolute Gasteiger partial charge is 0.365 e. The Bertz CT molecular complexity index is 1150. The molecule has 0 amide bonds. The summed E-state index contributed by atoms with van der Waals surface area (Å²) in [6.45, 7) is 31.7. The normalized spacial score (nSPS) is 13.1. The van der Waals surface area contributed by atoms with Gasteiger partial charge in [0.25, 0.3) is 0 Å². The van der Waals surface area contributed by atoms with E-state index in [-0.39, 0.29) is 38.8 Å². The molecule has 0 saturated carbocycles. The third kappa shape index (κ3) is 9.55. The molecule has 0 aromatic rings. The minimum absolute atomic E-state index is 0.0517. The van der Waals surface area contributed by atoms with Gasteiger partial charge in [0.2, 0.25) is 5.76 Å². The monoisotopic (exact) mass is 674 g/mol. The van der Waals surface area contributed by atoms with E-state index in [1.807, 2.05) is 20.8 Å². The van der Waals surface area contributed by atoms with E-state index in [0.717, 1.165) is 18.1 Å². The molecule has 0 aliphatic carbocycles. The van der Waals surface area contributed by atoms with Gasteiger partial charge < -0.3 is 4.18 Å². The molecular weight excluding hydrogens is 618 g/mol. The van der Waals surface area contributed by atoms with E-state index in [4.69, 9.17) is 4.18 Å². The van der Waals surface area contributed by atoms with E-state index in [0.29, 0.717) is 0 Å². The van der Waals surface area contributed by atoms with E-state index in [1.54, 1.807) is 0 Å². The zero-order chi connectivity index (χ0) is 34.2. The van der Waals surface area contributed by atoms with Gasteiger partial charge in [-0.3, -0.25) is 0 Å². The van der Waals surface area contributed by atoms with E-state index >= 15 is 0 Å². The zero-order valence-corrected chi connectivity index (χ0v) is 33.2. The van der Waals surface area contributed by atoms with Crippen molar-refractivity contribution >= 4 is 34.3 Å². The molecule has 0 fully saturated rings. The van der Waals surface area contributed by atoms with Gasteiger partial charge in [-0.1, -0.05) is 116 Å². The van der Waals surface area contributed by atoms with Crippen LogP contribution < -0.4 is 0 Å². The van der Waals surface area contributed by atoms with E-state index < -0.39 is 45.6 Å². The number of alkyl halides is 3. The molecule has 0 spiro atoms. The highest BCUT2D eigenvalue weighted by molar-refractivity contribution is 7.87. The number of hydrogen-bond acceptors (Lipinski definition) is 3. The van der Waals surface area contributed by atoms with Crippen LogP contribution in [0.25, 0.3) is 0 Å². The van der Waals surface area contributed by atoms with E-state index in [1.165, 1.54) is 0 Å². The standard InChI is InChI=1S/C33H57F3O3SSi3/c1-16-41(17-2,18-3)22-21-32(39-40(37,38)33(34,35)36)31(19-23-42(25(4)5,26(6)7)27(8)9)20-24-43(28(10)11,29(12)13)30(14)15/h25-30H,16-18H2,1-15H3. The molecule has 0 radical (unpaired) electrons. The molecule has 10 heteroatoms. The van der Waals surface area contributed by atoms with Gasteiger partial charge >= 0.3 is 15.6 Å². The second-order valence-corrected chi connectivity index (χ2v) is 31.2. The first-order valence-electron chi connectivity index (χ1n) is 15.8. The summed E-state index contributed by atoms with van der Waals surface area (Å²) in [5, 5.41) is 0. The molecule has 43 heavy (non-hydrogen) atoms. The van der Waals surface area contributed by atoms with Crippen LogP contribution in [0.2, 0.25) is 51.4 Å². The van der Waals surface area contributed by atoms with Gasteiger partial charge in [-0.05, 0) is 57.3 Å². The fraction of sp³-hybridized carbons (Fsp3) is 0.758. The quantitative estimate of drug-likeness (QED) is 0.0720. The summed E-state index contributed by atoms with van der Waals surface area (Å²) in [4.78, 5) is 0. The Balaban J connectivity index is 8.43. The lowest BCUT2D eigenvalue weighted by molar-refractivity contribution is -0.0519. The average molecular weight is 675 g/mol. The predicted octanol–water partition coefficient (Wildman–Crippen LogP) is 10.6. The molecule has 0 saturated heterocycles. The highest BCUT2D eigenvalue weighted by atomic mass is 32.2. The van der Waals surface area contributed by atoms with Gasteiger partial charge in [0, 0.05) is 0 Å². The van der Waals surface area contributed by atoms with E-state index in [2.05, 4.69) is 117 Å². The average Bonchev–Trinajstić information content (AvgIpc) is 2.86. The van der Waals surface area contributed by atoms with Crippen molar-refractivity contribution in [1.29, 1.82) is 0 Å². The van der Waals surface area contributed by atoms with Gasteiger partial charge in [0.05, 0.1) is 0 Å². The topological polar surface area (TPSA) is 43.4 Å². The van der Waals surface area contributed by atoms with Crippen molar-refractivity contribution in [1.82, 2.24) is 0 Å². The number of rotatable bonds is 11. The molecule has 0 rings (SSSR count). The lowest BCUT2D eigenvalue weighted by atomic mass is 10.2. The Hall–Kier alpha value is -1.39. The van der Waals surface area contributed by atoms with Gasteiger partial charge in [0.15, 0.2) is 0 Å². The van der Waals surface area contributed by atoms with E-state index in [9.17, 15) is 21.6 Å². The third-order valence-corrected chi connectivity index (χ3v) is 28.0. The predicted molar refractivity (Wildman–Crippen MR) is 186 cm³/mol. The van der Waals surface area contributed by atoms with Crippen LogP contribution in [-0.4, -0.2) is 38.1 Å². The van der Waals surface area contributed by atoms with Crippen molar-refractivity contribution in [3.63, 3.8) is 0 Å². The van der Waals surface area contributed by atoms with Crippen molar-refractivity contribution in [3.05, 3.63) is 11.3 Å². The molecule has 0 aliphatic rings. The Morgan fingerprint density at radius 2 is 0.907 bits per heavy atom. The first-order valence-corrected chi connectivity index (χ1v) is 24.3. The van der Waals surface area contributed by atoms with Crippen LogP contribution in [0.5, 0.6) is 0 Å². The van der Waals surface area contributed by atoms with Crippen LogP contribution in [0.4, 0.5) is 13.2 Å². The highest BCUT2D eigenvalue weighted by Crippen LogP contribution is 2.42. The molecule has 0 N–H and O–H groups in total.